The summed E-state index contributed by atoms with van der Waals surface area (Å²) in [4.78, 5) is 10.7. The first-order chi connectivity index (χ1) is 25.3. The van der Waals surface area contributed by atoms with Crippen molar-refractivity contribution < 1.29 is 0 Å². The molecule has 0 saturated carbocycles. The molecule has 0 atom stereocenters. The number of thiophene rings is 2. The number of benzene rings is 7. The third-order valence-corrected chi connectivity index (χ3v) is 12.4. The summed E-state index contributed by atoms with van der Waals surface area (Å²) in [6.45, 7) is 0. The molecule has 11 rings (SSSR count). The minimum absolute atomic E-state index is 0.736. The number of hydrogen-bond donors (Lipinski definition) is 0. The normalized spacial score (nSPS) is 11.9. The molecule has 5 heteroatoms. The van der Waals surface area contributed by atoms with Crippen LogP contribution in [0, 0.1) is 0 Å². The van der Waals surface area contributed by atoms with Crippen LogP contribution in [0.4, 0.5) is 0 Å². The van der Waals surface area contributed by atoms with Crippen LogP contribution in [-0.2, 0) is 0 Å². The molecule has 0 fully saturated rings. The van der Waals surface area contributed by atoms with E-state index in [0.29, 0.717) is 0 Å². The fourth-order valence-electron chi connectivity index (χ4n) is 7.78. The molecule has 0 aliphatic carbocycles. The van der Waals surface area contributed by atoms with Gasteiger partial charge in [0.2, 0.25) is 0 Å². The monoisotopic (exact) mass is 685 g/mol. The zero-order valence-corrected chi connectivity index (χ0v) is 28.9. The van der Waals surface area contributed by atoms with E-state index < -0.39 is 0 Å². The quantitative estimate of drug-likeness (QED) is 0.185. The summed E-state index contributed by atoms with van der Waals surface area (Å²) in [5.74, 6) is 0.736. The van der Waals surface area contributed by atoms with Gasteiger partial charge in [0.1, 0.15) is 0 Å². The van der Waals surface area contributed by atoms with Crippen molar-refractivity contribution in [3.05, 3.63) is 164 Å². The number of rotatable bonds is 4. The lowest BCUT2D eigenvalue weighted by atomic mass is 10.0. The zero-order valence-electron chi connectivity index (χ0n) is 27.2. The van der Waals surface area contributed by atoms with Crippen molar-refractivity contribution in [3.63, 3.8) is 0 Å². The van der Waals surface area contributed by atoms with Crippen LogP contribution in [0.1, 0.15) is 0 Å². The molecule has 4 heterocycles. The van der Waals surface area contributed by atoms with Crippen LogP contribution < -0.4 is 0 Å². The minimum atomic E-state index is 0.736. The van der Waals surface area contributed by atoms with Gasteiger partial charge in [-0.1, -0.05) is 121 Å². The van der Waals surface area contributed by atoms with Gasteiger partial charge in [-0.15, -0.1) is 22.7 Å². The molecule has 11 aromatic rings. The number of nitrogens with zero attached hydrogens (tertiary/aromatic N) is 3. The Kier molecular flexibility index (Phi) is 6.29. The molecule has 7 aromatic carbocycles. The molecule has 0 aliphatic rings. The van der Waals surface area contributed by atoms with Gasteiger partial charge < -0.3 is 4.57 Å². The molecular formula is C46H27N3S2. The smallest absolute Gasteiger partial charge is 0.161 e. The van der Waals surface area contributed by atoms with E-state index >= 15 is 0 Å². The van der Waals surface area contributed by atoms with Crippen LogP contribution in [0.15, 0.2) is 164 Å². The van der Waals surface area contributed by atoms with E-state index in [9.17, 15) is 0 Å². The summed E-state index contributed by atoms with van der Waals surface area (Å²) in [6.07, 6.45) is 0. The van der Waals surface area contributed by atoms with Crippen molar-refractivity contribution in [2.45, 2.75) is 0 Å². The average Bonchev–Trinajstić information content (AvgIpc) is 3.88. The lowest BCUT2D eigenvalue weighted by Gasteiger charge is -2.11. The third-order valence-electron chi connectivity index (χ3n) is 10.0. The van der Waals surface area contributed by atoms with Crippen molar-refractivity contribution in [1.82, 2.24) is 14.5 Å². The summed E-state index contributed by atoms with van der Waals surface area (Å²) in [5.41, 5.74) is 8.70. The molecule has 238 valence electrons. The highest BCUT2D eigenvalue weighted by atomic mass is 32.1. The number of para-hydroxylation sites is 2. The van der Waals surface area contributed by atoms with Gasteiger partial charge in [0.25, 0.3) is 0 Å². The van der Waals surface area contributed by atoms with Gasteiger partial charge in [0.15, 0.2) is 5.82 Å². The van der Waals surface area contributed by atoms with E-state index in [2.05, 4.69) is 168 Å². The Balaban J connectivity index is 1.21. The van der Waals surface area contributed by atoms with E-state index in [1.54, 1.807) is 0 Å². The summed E-state index contributed by atoms with van der Waals surface area (Å²) >= 11 is 3.68. The van der Waals surface area contributed by atoms with E-state index in [1.165, 1.54) is 62.2 Å². The third kappa shape index (κ3) is 4.35. The highest BCUT2D eigenvalue weighted by Gasteiger charge is 2.21. The lowest BCUT2D eigenvalue weighted by Crippen LogP contribution is -1.96. The predicted molar refractivity (Wildman–Crippen MR) is 218 cm³/mol. The van der Waals surface area contributed by atoms with Crippen molar-refractivity contribution in [3.8, 4) is 39.6 Å². The molecule has 4 aromatic heterocycles. The van der Waals surface area contributed by atoms with Crippen LogP contribution >= 0.6 is 22.7 Å². The number of aromatic nitrogens is 3. The average molecular weight is 686 g/mol. The molecule has 0 bridgehead atoms. The van der Waals surface area contributed by atoms with Gasteiger partial charge in [-0.2, -0.15) is 0 Å². The first-order valence-corrected chi connectivity index (χ1v) is 18.7. The van der Waals surface area contributed by atoms with Crippen LogP contribution in [0.2, 0.25) is 0 Å². The zero-order chi connectivity index (χ0) is 33.5. The second-order valence-electron chi connectivity index (χ2n) is 12.9. The maximum Gasteiger partial charge on any atom is 0.161 e. The van der Waals surface area contributed by atoms with Crippen molar-refractivity contribution in [1.29, 1.82) is 0 Å². The summed E-state index contributed by atoms with van der Waals surface area (Å²) < 4.78 is 7.44. The molecular weight excluding hydrogens is 659 g/mol. The van der Waals surface area contributed by atoms with Gasteiger partial charge in [-0.25, -0.2) is 9.97 Å². The van der Waals surface area contributed by atoms with Crippen molar-refractivity contribution in [2.75, 3.05) is 0 Å². The summed E-state index contributed by atoms with van der Waals surface area (Å²) in [6, 6.07) is 58.6. The molecule has 0 aliphatic heterocycles. The van der Waals surface area contributed by atoms with E-state index in [0.717, 1.165) is 39.6 Å². The predicted octanol–water partition coefficient (Wildman–Crippen LogP) is 13.3. The second-order valence-corrected chi connectivity index (χ2v) is 15.0. The topological polar surface area (TPSA) is 30.7 Å². The Bertz CT molecular complexity index is 3130. The van der Waals surface area contributed by atoms with Crippen LogP contribution in [0.3, 0.4) is 0 Å². The molecule has 0 spiro atoms. The van der Waals surface area contributed by atoms with Gasteiger partial charge in [-0.05, 0) is 42.5 Å². The Morgan fingerprint density at radius 3 is 1.96 bits per heavy atom. The Labute approximate surface area is 301 Å². The largest absolute Gasteiger partial charge is 0.308 e. The fourth-order valence-corrected chi connectivity index (χ4v) is 10.3. The Morgan fingerprint density at radius 1 is 0.431 bits per heavy atom. The first-order valence-electron chi connectivity index (χ1n) is 17.1. The molecule has 51 heavy (non-hydrogen) atoms. The Hall–Kier alpha value is -6.14. The highest BCUT2D eigenvalue weighted by molar-refractivity contribution is 7.27. The first kappa shape index (κ1) is 28.7. The molecule has 0 saturated heterocycles. The number of hydrogen-bond acceptors (Lipinski definition) is 4. The van der Waals surface area contributed by atoms with E-state index in [1.807, 2.05) is 22.7 Å². The molecule has 0 amide bonds. The fraction of sp³-hybridized carbons (Fsp3) is 0. The van der Waals surface area contributed by atoms with Crippen LogP contribution in [0.5, 0.6) is 0 Å². The van der Waals surface area contributed by atoms with Crippen LogP contribution in [-0.4, -0.2) is 14.5 Å². The maximum atomic E-state index is 5.41. The maximum absolute atomic E-state index is 5.41. The van der Waals surface area contributed by atoms with Crippen molar-refractivity contribution >= 4 is 84.8 Å². The molecule has 0 radical (unpaired) electrons. The second kappa shape index (κ2) is 11.2. The summed E-state index contributed by atoms with van der Waals surface area (Å²) in [7, 11) is 0. The molecule has 3 nitrogen and oxygen atoms in total. The summed E-state index contributed by atoms with van der Waals surface area (Å²) in [5, 5.41) is 7.50. The minimum Gasteiger partial charge on any atom is -0.308 e. The van der Waals surface area contributed by atoms with Gasteiger partial charge in [0.05, 0.1) is 27.1 Å². The van der Waals surface area contributed by atoms with Gasteiger partial charge >= 0.3 is 0 Å². The Morgan fingerprint density at radius 2 is 1.08 bits per heavy atom. The molecule has 0 N–H and O–H groups in total. The van der Waals surface area contributed by atoms with E-state index in [-0.39, 0.29) is 0 Å². The van der Waals surface area contributed by atoms with Crippen molar-refractivity contribution in [2.24, 2.45) is 0 Å². The van der Waals surface area contributed by atoms with Gasteiger partial charge in [0, 0.05) is 68.8 Å². The highest BCUT2D eigenvalue weighted by Crippen LogP contribution is 2.46. The van der Waals surface area contributed by atoms with Crippen LogP contribution in [0.25, 0.3) is 102 Å². The SMILES string of the molecule is c1ccc(-c2cc(-c3cccc4sc5ccccc5c34)nc(-c3cccc4c3sc3c4ccc4c5ccccc5n(-c5ccccc5)c43)n2)cc1. The lowest BCUT2D eigenvalue weighted by molar-refractivity contribution is 1.19. The molecule has 0 unspecified atom stereocenters. The van der Waals surface area contributed by atoms with Gasteiger partial charge in [-0.3, -0.25) is 0 Å². The standard InChI is InChI=1S/C46H27N3S2/c1-3-13-28(14-4-1)37-27-38(34-20-12-24-41-42(34)35-18-8-10-23-40(35)50-41)48-46(47-37)36-21-11-19-32-33-26-25-31-30-17-7-9-22-39(30)49(29-15-5-2-6-16-29)43(31)45(33)51-44(32)36/h1-27H. The number of fused-ring (bicyclic) bond motifs is 10. The van der Waals surface area contributed by atoms with E-state index in [4.69, 9.17) is 9.97 Å².